The van der Waals surface area contributed by atoms with Gasteiger partial charge in [-0.2, -0.15) is 0 Å². The van der Waals surface area contributed by atoms with Crippen LogP contribution < -0.4 is 5.32 Å². The maximum absolute atomic E-state index is 11.9. The number of carboxylic acids is 2. The van der Waals surface area contributed by atoms with Crippen LogP contribution in [0, 0.1) is 0 Å². The molecule has 0 aliphatic rings. The zero-order valence-corrected chi connectivity index (χ0v) is 12.4. The molecule has 0 heterocycles. The molecule has 1 amide bonds. The van der Waals surface area contributed by atoms with E-state index in [0.717, 1.165) is 0 Å². The molecule has 108 valence electrons. The lowest BCUT2D eigenvalue weighted by molar-refractivity contribution is -0.140. The SMILES string of the molecule is O=C(O)CCC(NC(=O)c1ccc(Cl)cc1Br)C(=O)O. The second kappa shape index (κ2) is 7.25. The topological polar surface area (TPSA) is 104 Å². The molecule has 1 aromatic carbocycles. The molecule has 1 unspecified atom stereocenters. The third kappa shape index (κ3) is 4.82. The number of carboxylic acid groups (broad SMARTS) is 2. The van der Waals surface area contributed by atoms with E-state index in [1.165, 1.54) is 18.2 Å². The molecule has 0 aromatic heterocycles. The lowest BCUT2D eigenvalue weighted by atomic mass is 10.1. The Bertz CT molecular complexity index is 549. The molecule has 3 N–H and O–H groups in total. The summed E-state index contributed by atoms with van der Waals surface area (Å²) in [6.07, 6.45) is -0.541. The highest BCUT2D eigenvalue weighted by atomic mass is 79.9. The number of amides is 1. The van der Waals surface area contributed by atoms with E-state index >= 15 is 0 Å². The zero-order chi connectivity index (χ0) is 15.3. The van der Waals surface area contributed by atoms with Crippen molar-refractivity contribution in [3.63, 3.8) is 0 Å². The second-order valence-corrected chi connectivity index (χ2v) is 5.21. The number of benzene rings is 1. The van der Waals surface area contributed by atoms with Crippen molar-refractivity contribution in [2.45, 2.75) is 18.9 Å². The fourth-order valence-corrected chi connectivity index (χ4v) is 2.30. The second-order valence-electron chi connectivity index (χ2n) is 3.92. The van der Waals surface area contributed by atoms with Crippen molar-refractivity contribution in [1.82, 2.24) is 5.32 Å². The smallest absolute Gasteiger partial charge is 0.326 e. The predicted molar refractivity (Wildman–Crippen MR) is 74.9 cm³/mol. The monoisotopic (exact) mass is 363 g/mol. The van der Waals surface area contributed by atoms with E-state index in [0.29, 0.717) is 9.50 Å². The van der Waals surface area contributed by atoms with Gasteiger partial charge in [0.2, 0.25) is 0 Å². The minimum absolute atomic E-state index is 0.193. The summed E-state index contributed by atoms with van der Waals surface area (Å²) in [6.45, 7) is 0. The highest BCUT2D eigenvalue weighted by molar-refractivity contribution is 9.10. The highest BCUT2D eigenvalue weighted by Gasteiger charge is 2.22. The van der Waals surface area contributed by atoms with Gasteiger partial charge < -0.3 is 15.5 Å². The van der Waals surface area contributed by atoms with Gasteiger partial charge in [-0.15, -0.1) is 0 Å². The number of rotatable bonds is 6. The van der Waals surface area contributed by atoms with E-state index < -0.39 is 23.9 Å². The van der Waals surface area contributed by atoms with E-state index in [4.69, 9.17) is 21.8 Å². The summed E-state index contributed by atoms with van der Waals surface area (Å²) in [5.74, 6) is -3.03. The van der Waals surface area contributed by atoms with Crippen molar-refractivity contribution in [2.24, 2.45) is 0 Å². The predicted octanol–water partition coefficient (Wildman–Crippen LogP) is 2.15. The summed E-state index contributed by atoms with van der Waals surface area (Å²) in [6, 6.07) is 3.18. The van der Waals surface area contributed by atoms with Crippen molar-refractivity contribution in [3.8, 4) is 0 Å². The molecule has 0 spiro atoms. The maximum Gasteiger partial charge on any atom is 0.326 e. The van der Waals surface area contributed by atoms with Crippen LogP contribution in [-0.4, -0.2) is 34.1 Å². The van der Waals surface area contributed by atoms with Crippen LogP contribution in [0.15, 0.2) is 22.7 Å². The van der Waals surface area contributed by atoms with Crippen LogP contribution in [0.5, 0.6) is 0 Å². The third-order valence-electron chi connectivity index (χ3n) is 2.43. The Hall–Kier alpha value is -1.60. The standard InChI is InChI=1S/C12H11BrClNO5/c13-8-5-6(14)1-2-7(8)11(18)15-9(12(19)20)3-4-10(16)17/h1-2,5,9H,3-4H2,(H,15,18)(H,16,17)(H,19,20). The minimum atomic E-state index is -1.29. The highest BCUT2D eigenvalue weighted by Crippen LogP contribution is 2.21. The Morgan fingerprint density at radius 2 is 1.95 bits per heavy atom. The van der Waals surface area contributed by atoms with Crippen molar-refractivity contribution in [3.05, 3.63) is 33.3 Å². The van der Waals surface area contributed by atoms with Gasteiger partial charge in [-0.1, -0.05) is 11.6 Å². The largest absolute Gasteiger partial charge is 0.481 e. The van der Waals surface area contributed by atoms with Crippen molar-refractivity contribution in [1.29, 1.82) is 0 Å². The average Bonchev–Trinajstić information content (AvgIpc) is 2.33. The zero-order valence-electron chi connectivity index (χ0n) is 10.1. The summed E-state index contributed by atoms with van der Waals surface area (Å²) in [5, 5.41) is 20.2. The van der Waals surface area contributed by atoms with Gasteiger partial charge >= 0.3 is 11.9 Å². The van der Waals surface area contributed by atoms with E-state index in [2.05, 4.69) is 21.2 Å². The first kappa shape index (κ1) is 16.5. The Morgan fingerprint density at radius 3 is 2.45 bits per heavy atom. The van der Waals surface area contributed by atoms with Crippen LogP contribution in [0.4, 0.5) is 0 Å². The van der Waals surface area contributed by atoms with Crippen molar-refractivity contribution >= 4 is 45.4 Å². The molecule has 0 bridgehead atoms. The molecular weight excluding hydrogens is 353 g/mol. The van der Waals surface area contributed by atoms with Crippen LogP contribution >= 0.6 is 27.5 Å². The van der Waals surface area contributed by atoms with Crippen molar-refractivity contribution < 1.29 is 24.6 Å². The molecule has 0 fully saturated rings. The number of aliphatic carboxylic acids is 2. The maximum atomic E-state index is 11.9. The molecule has 0 saturated heterocycles. The fourth-order valence-electron chi connectivity index (χ4n) is 1.43. The summed E-state index contributed by atoms with van der Waals surface area (Å²) in [7, 11) is 0. The molecule has 0 radical (unpaired) electrons. The van der Waals surface area contributed by atoms with E-state index in [1.54, 1.807) is 0 Å². The van der Waals surface area contributed by atoms with Gasteiger partial charge in [0.25, 0.3) is 5.91 Å². The normalized spacial score (nSPS) is 11.7. The van der Waals surface area contributed by atoms with Gasteiger partial charge in [-0.3, -0.25) is 9.59 Å². The molecule has 0 saturated carbocycles. The number of hydrogen-bond donors (Lipinski definition) is 3. The third-order valence-corrected chi connectivity index (χ3v) is 3.32. The Kier molecular flexibility index (Phi) is 5.97. The Morgan fingerprint density at radius 1 is 1.30 bits per heavy atom. The number of hydrogen-bond acceptors (Lipinski definition) is 3. The summed E-state index contributed by atoms with van der Waals surface area (Å²) in [5.41, 5.74) is 0.218. The van der Waals surface area contributed by atoms with Gasteiger partial charge in [0.05, 0.1) is 5.56 Å². The van der Waals surface area contributed by atoms with Gasteiger partial charge in [0, 0.05) is 15.9 Å². The molecule has 1 aromatic rings. The number of halogens is 2. The van der Waals surface area contributed by atoms with Crippen LogP contribution in [0.3, 0.4) is 0 Å². The van der Waals surface area contributed by atoms with Crippen LogP contribution in [-0.2, 0) is 9.59 Å². The van der Waals surface area contributed by atoms with E-state index in [-0.39, 0.29) is 18.4 Å². The first-order valence-corrected chi connectivity index (χ1v) is 6.69. The van der Waals surface area contributed by atoms with Crippen LogP contribution in [0.25, 0.3) is 0 Å². The summed E-state index contributed by atoms with van der Waals surface area (Å²) in [4.78, 5) is 33.4. The molecule has 8 heteroatoms. The molecule has 0 aliphatic heterocycles. The van der Waals surface area contributed by atoms with Crippen molar-refractivity contribution in [2.75, 3.05) is 0 Å². The lowest BCUT2D eigenvalue weighted by Gasteiger charge is -2.14. The van der Waals surface area contributed by atoms with E-state index in [1.807, 2.05) is 0 Å². The van der Waals surface area contributed by atoms with Gasteiger partial charge in [-0.05, 0) is 40.5 Å². The van der Waals surface area contributed by atoms with Gasteiger partial charge in [0.1, 0.15) is 6.04 Å². The number of carbonyl (C=O) groups is 3. The molecule has 0 aliphatic carbocycles. The Labute approximate surface area is 127 Å². The number of carbonyl (C=O) groups excluding carboxylic acids is 1. The lowest BCUT2D eigenvalue weighted by Crippen LogP contribution is -2.41. The Balaban J connectivity index is 2.80. The minimum Gasteiger partial charge on any atom is -0.481 e. The fraction of sp³-hybridized carbons (Fsp3) is 0.250. The van der Waals surface area contributed by atoms with Gasteiger partial charge in [-0.25, -0.2) is 4.79 Å². The average molecular weight is 365 g/mol. The molecule has 1 atom stereocenters. The summed E-state index contributed by atoms with van der Waals surface area (Å²) < 4.78 is 0.421. The first-order chi connectivity index (χ1) is 9.31. The summed E-state index contributed by atoms with van der Waals surface area (Å²) >= 11 is 8.89. The van der Waals surface area contributed by atoms with E-state index in [9.17, 15) is 14.4 Å². The van der Waals surface area contributed by atoms with Gasteiger partial charge in [0.15, 0.2) is 0 Å². The quantitative estimate of drug-likeness (QED) is 0.717. The molecular formula is C12H11BrClNO5. The molecule has 1 rings (SSSR count). The van der Waals surface area contributed by atoms with Crippen LogP contribution in [0.1, 0.15) is 23.2 Å². The first-order valence-electron chi connectivity index (χ1n) is 5.51. The molecule has 20 heavy (non-hydrogen) atoms. The number of nitrogens with one attached hydrogen (secondary N) is 1. The molecule has 6 nitrogen and oxygen atoms in total. The van der Waals surface area contributed by atoms with Crippen LogP contribution in [0.2, 0.25) is 5.02 Å².